The number of halogens is 1. The van der Waals surface area contributed by atoms with Crippen LogP contribution in [0.5, 0.6) is 0 Å². The highest BCUT2D eigenvalue weighted by Gasteiger charge is 2.18. The standard InChI is InChI=1S/C12H12BrN5/c13-7-2-1-3-8(4-7)16-11-9-5-15-6-10(9)17-12(14)18-11/h1-4,15H,5-6H2,(H3,14,16,17,18). The Morgan fingerprint density at radius 1 is 1.28 bits per heavy atom. The summed E-state index contributed by atoms with van der Waals surface area (Å²) in [4.78, 5) is 8.50. The van der Waals surface area contributed by atoms with Crippen LogP contribution in [0.15, 0.2) is 28.7 Å². The van der Waals surface area contributed by atoms with Crippen LogP contribution in [0.4, 0.5) is 17.5 Å². The fraction of sp³-hybridized carbons (Fsp3) is 0.167. The molecule has 0 amide bonds. The quantitative estimate of drug-likeness (QED) is 0.793. The van der Waals surface area contributed by atoms with E-state index >= 15 is 0 Å². The zero-order chi connectivity index (χ0) is 12.5. The van der Waals surface area contributed by atoms with Gasteiger partial charge in [-0.1, -0.05) is 22.0 Å². The number of fused-ring (bicyclic) bond motifs is 1. The Labute approximate surface area is 113 Å². The summed E-state index contributed by atoms with van der Waals surface area (Å²) in [5.74, 6) is 1.08. The van der Waals surface area contributed by atoms with Gasteiger partial charge in [0.25, 0.3) is 0 Å². The maximum atomic E-state index is 5.72. The first-order valence-electron chi connectivity index (χ1n) is 5.61. The summed E-state index contributed by atoms with van der Waals surface area (Å²) in [7, 11) is 0. The highest BCUT2D eigenvalue weighted by Crippen LogP contribution is 2.26. The van der Waals surface area contributed by atoms with Crippen molar-refractivity contribution in [3.05, 3.63) is 40.0 Å². The number of benzene rings is 1. The molecule has 6 heteroatoms. The molecule has 0 saturated heterocycles. The first-order valence-corrected chi connectivity index (χ1v) is 6.40. The Hall–Kier alpha value is -1.66. The average molecular weight is 306 g/mol. The fourth-order valence-electron chi connectivity index (χ4n) is 1.99. The third kappa shape index (κ3) is 2.16. The second-order valence-electron chi connectivity index (χ2n) is 4.09. The van der Waals surface area contributed by atoms with E-state index in [0.717, 1.165) is 40.3 Å². The van der Waals surface area contributed by atoms with Gasteiger partial charge in [-0.3, -0.25) is 0 Å². The number of nitrogens with two attached hydrogens (primary N) is 1. The maximum absolute atomic E-state index is 5.72. The minimum Gasteiger partial charge on any atom is -0.368 e. The molecular weight excluding hydrogens is 294 g/mol. The Kier molecular flexibility index (Phi) is 2.89. The van der Waals surface area contributed by atoms with Crippen molar-refractivity contribution in [3.63, 3.8) is 0 Å². The molecule has 0 aliphatic carbocycles. The minimum absolute atomic E-state index is 0.301. The molecule has 1 aliphatic heterocycles. The van der Waals surface area contributed by atoms with E-state index in [1.165, 1.54) is 0 Å². The number of hydrogen-bond donors (Lipinski definition) is 3. The van der Waals surface area contributed by atoms with Gasteiger partial charge in [0.05, 0.1) is 5.69 Å². The van der Waals surface area contributed by atoms with E-state index in [2.05, 4.69) is 36.5 Å². The summed E-state index contributed by atoms with van der Waals surface area (Å²) >= 11 is 3.44. The summed E-state index contributed by atoms with van der Waals surface area (Å²) in [6.45, 7) is 1.52. The van der Waals surface area contributed by atoms with Crippen LogP contribution in [-0.4, -0.2) is 9.97 Å². The summed E-state index contributed by atoms with van der Waals surface area (Å²) in [6.07, 6.45) is 0. The van der Waals surface area contributed by atoms with E-state index in [-0.39, 0.29) is 0 Å². The van der Waals surface area contributed by atoms with Gasteiger partial charge in [0.1, 0.15) is 5.82 Å². The van der Waals surface area contributed by atoms with Gasteiger partial charge < -0.3 is 16.4 Å². The minimum atomic E-state index is 0.301. The molecule has 0 saturated carbocycles. The zero-order valence-electron chi connectivity index (χ0n) is 9.57. The van der Waals surface area contributed by atoms with Crippen LogP contribution in [0.3, 0.4) is 0 Å². The van der Waals surface area contributed by atoms with Crippen molar-refractivity contribution < 1.29 is 0 Å². The number of anilines is 3. The number of aromatic nitrogens is 2. The molecule has 3 rings (SSSR count). The van der Waals surface area contributed by atoms with E-state index < -0.39 is 0 Å². The molecular formula is C12H12BrN5. The van der Waals surface area contributed by atoms with Crippen molar-refractivity contribution in [1.82, 2.24) is 15.3 Å². The normalized spacial score (nSPS) is 13.4. The molecule has 5 nitrogen and oxygen atoms in total. The number of nitrogens with one attached hydrogen (secondary N) is 2. The third-order valence-electron chi connectivity index (χ3n) is 2.79. The predicted molar refractivity (Wildman–Crippen MR) is 74.4 cm³/mol. The van der Waals surface area contributed by atoms with Crippen molar-refractivity contribution in [2.24, 2.45) is 0 Å². The Morgan fingerprint density at radius 2 is 2.17 bits per heavy atom. The summed E-state index contributed by atoms with van der Waals surface area (Å²) in [5, 5.41) is 6.53. The van der Waals surface area contributed by atoms with Gasteiger partial charge in [0.2, 0.25) is 5.95 Å². The summed E-state index contributed by atoms with van der Waals surface area (Å²) < 4.78 is 1.02. The Balaban J connectivity index is 1.98. The van der Waals surface area contributed by atoms with Crippen LogP contribution in [-0.2, 0) is 13.1 Å². The lowest BCUT2D eigenvalue weighted by atomic mass is 10.2. The first kappa shape index (κ1) is 11.4. The number of rotatable bonds is 2. The molecule has 0 radical (unpaired) electrons. The number of nitrogen functional groups attached to an aromatic ring is 1. The monoisotopic (exact) mass is 305 g/mol. The molecule has 2 heterocycles. The molecule has 0 fully saturated rings. The maximum Gasteiger partial charge on any atom is 0.222 e. The molecule has 18 heavy (non-hydrogen) atoms. The fourth-order valence-corrected chi connectivity index (χ4v) is 2.39. The molecule has 0 spiro atoms. The van der Waals surface area contributed by atoms with Gasteiger partial charge in [0.15, 0.2) is 0 Å². The van der Waals surface area contributed by atoms with Crippen molar-refractivity contribution >= 4 is 33.4 Å². The lowest BCUT2D eigenvalue weighted by Crippen LogP contribution is -2.05. The molecule has 1 aromatic heterocycles. The van der Waals surface area contributed by atoms with Crippen LogP contribution in [0.1, 0.15) is 11.3 Å². The Bertz CT molecular complexity index is 599. The molecule has 0 atom stereocenters. The lowest BCUT2D eigenvalue weighted by molar-refractivity contribution is 0.758. The van der Waals surface area contributed by atoms with Gasteiger partial charge >= 0.3 is 0 Å². The van der Waals surface area contributed by atoms with Crippen molar-refractivity contribution in [3.8, 4) is 0 Å². The molecule has 0 bridgehead atoms. The van der Waals surface area contributed by atoms with E-state index in [9.17, 15) is 0 Å². The smallest absolute Gasteiger partial charge is 0.222 e. The van der Waals surface area contributed by atoms with Gasteiger partial charge in [-0.25, -0.2) is 4.98 Å². The first-order chi connectivity index (χ1) is 8.72. The van der Waals surface area contributed by atoms with Gasteiger partial charge in [-0.05, 0) is 18.2 Å². The molecule has 1 aromatic carbocycles. The highest BCUT2D eigenvalue weighted by molar-refractivity contribution is 9.10. The topological polar surface area (TPSA) is 75.9 Å². The second-order valence-corrected chi connectivity index (χ2v) is 5.01. The molecule has 4 N–H and O–H groups in total. The molecule has 2 aromatic rings. The molecule has 0 unspecified atom stereocenters. The van der Waals surface area contributed by atoms with Crippen LogP contribution in [0, 0.1) is 0 Å². The number of hydrogen-bond acceptors (Lipinski definition) is 5. The van der Waals surface area contributed by atoms with Crippen LogP contribution in [0.2, 0.25) is 0 Å². The van der Waals surface area contributed by atoms with Crippen molar-refractivity contribution in [2.45, 2.75) is 13.1 Å². The van der Waals surface area contributed by atoms with Crippen molar-refractivity contribution in [1.29, 1.82) is 0 Å². The van der Waals surface area contributed by atoms with Gasteiger partial charge in [0, 0.05) is 28.8 Å². The third-order valence-corrected chi connectivity index (χ3v) is 3.28. The van der Waals surface area contributed by atoms with Crippen molar-refractivity contribution in [2.75, 3.05) is 11.1 Å². The predicted octanol–water partition coefficient (Wildman–Crippen LogP) is 2.17. The van der Waals surface area contributed by atoms with Crippen LogP contribution >= 0.6 is 15.9 Å². The molecule has 92 valence electrons. The van der Waals surface area contributed by atoms with Gasteiger partial charge in [-0.2, -0.15) is 4.98 Å². The highest BCUT2D eigenvalue weighted by atomic mass is 79.9. The van der Waals surface area contributed by atoms with E-state index in [1.807, 2.05) is 24.3 Å². The second kappa shape index (κ2) is 4.55. The van der Waals surface area contributed by atoms with Crippen LogP contribution in [0.25, 0.3) is 0 Å². The van der Waals surface area contributed by atoms with Crippen LogP contribution < -0.4 is 16.4 Å². The zero-order valence-corrected chi connectivity index (χ0v) is 11.2. The van der Waals surface area contributed by atoms with E-state index in [4.69, 9.17) is 5.73 Å². The summed E-state index contributed by atoms with van der Waals surface area (Å²) in [6, 6.07) is 7.92. The largest absolute Gasteiger partial charge is 0.368 e. The average Bonchev–Trinajstić information content (AvgIpc) is 2.77. The molecule has 1 aliphatic rings. The van der Waals surface area contributed by atoms with E-state index in [1.54, 1.807) is 0 Å². The summed E-state index contributed by atoms with van der Waals surface area (Å²) in [5.41, 5.74) is 8.74. The Morgan fingerprint density at radius 3 is 3.00 bits per heavy atom. The van der Waals surface area contributed by atoms with E-state index in [0.29, 0.717) is 5.95 Å². The number of nitrogens with zero attached hydrogens (tertiary/aromatic N) is 2. The van der Waals surface area contributed by atoms with Gasteiger partial charge in [-0.15, -0.1) is 0 Å². The SMILES string of the molecule is Nc1nc2c(c(Nc3cccc(Br)c3)n1)CNC2. The lowest BCUT2D eigenvalue weighted by Gasteiger charge is -2.10.